The maximum Gasteiger partial charge on any atom is 0.326 e. The molecule has 254 valence electrons. The third kappa shape index (κ3) is 8.23. The number of rotatable bonds is 13. The Morgan fingerprint density at radius 1 is 0.812 bits per heavy atom. The minimum absolute atomic E-state index is 0.0120. The molecule has 2 aromatic carbocycles. The van der Waals surface area contributed by atoms with Crippen LogP contribution in [0.15, 0.2) is 60.9 Å². The van der Waals surface area contributed by atoms with E-state index >= 15 is 0 Å². The summed E-state index contributed by atoms with van der Waals surface area (Å²) in [5, 5.41) is 20.1. The number of amides is 4. The van der Waals surface area contributed by atoms with Gasteiger partial charge in [-0.05, 0) is 48.4 Å². The molecule has 5 rings (SSSR count). The van der Waals surface area contributed by atoms with Crippen LogP contribution in [0.1, 0.15) is 57.1 Å². The highest BCUT2D eigenvalue weighted by Crippen LogP contribution is 2.23. The van der Waals surface area contributed by atoms with E-state index in [-0.39, 0.29) is 24.8 Å². The van der Waals surface area contributed by atoms with Crippen LogP contribution in [0.25, 0.3) is 21.8 Å². The van der Waals surface area contributed by atoms with Crippen molar-refractivity contribution in [3.8, 4) is 0 Å². The van der Waals surface area contributed by atoms with E-state index < -0.39 is 35.9 Å². The quantitative estimate of drug-likeness (QED) is 0.137. The Morgan fingerprint density at radius 2 is 1.44 bits per heavy atom. The third-order valence-corrected chi connectivity index (χ3v) is 8.92. The Bertz CT molecular complexity index is 1770. The summed E-state index contributed by atoms with van der Waals surface area (Å²) in [5.74, 6) is -2.41. The van der Waals surface area contributed by atoms with Crippen molar-refractivity contribution in [3.05, 3.63) is 72.1 Å². The van der Waals surface area contributed by atoms with E-state index in [0.717, 1.165) is 47.5 Å². The number of hydrogen-bond acceptors (Lipinski definition) is 5. The predicted molar refractivity (Wildman–Crippen MR) is 183 cm³/mol. The summed E-state index contributed by atoms with van der Waals surface area (Å²) < 4.78 is 1.40. The number of fused-ring (bicyclic) bond motifs is 2. The molecular formula is C36H44N6O6. The van der Waals surface area contributed by atoms with E-state index in [4.69, 9.17) is 0 Å². The molecule has 5 N–H and O–H groups in total. The molecule has 1 saturated heterocycles. The van der Waals surface area contributed by atoms with Gasteiger partial charge in [-0.1, -0.05) is 63.1 Å². The standard InChI is InChI=1S/C36H44N6O6/c1-23(2)17-29(40-36(48)41-15-9-3-4-10-16-41)33(44)38-30(19-25-21-42(22-43)32-14-8-6-12-27(25)32)34(45)39-31(35(46)47)18-24-20-37-28-13-7-5-11-26(24)28/h5-8,11-14,20-23,29-31,37H,3-4,9-10,15-19H2,1-2H3,(H,38,44)(H,39,45)(H,40,48)(H,46,47)/t29-,30+,31+/m0/s1. The molecular weight excluding hydrogens is 612 g/mol. The molecule has 4 amide bonds. The minimum atomic E-state index is -1.29. The van der Waals surface area contributed by atoms with Gasteiger partial charge in [0.2, 0.25) is 18.2 Å². The normalized spacial score (nSPS) is 15.4. The zero-order chi connectivity index (χ0) is 34.2. The average Bonchev–Trinajstić information content (AvgIpc) is 3.51. The second kappa shape index (κ2) is 15.6. The molecule has 1 aliphatic rings. The molecule has 3 atom stereocenters. The van der Waals surface area contributed by atoms with E-state index in [1.54, 1.807) is 29.4 Å². The first-order valence-electron chi connectivity index (χ1n) is 16.6. The van der Waals surface area contributed by atoms with Gasteiger partial charge in [0.25, 0.3) is 0 Å². The van der Waals surface area contributed by atoms with Crippen LogP contribution in [0.5, 0.6) is 0 Å². The van der Waals surface area contributed by atoms with Crippen LogP contribution >= 0.6 is 0 Å². The van der Waals surface area contributed by atoms with E-state index in [2.05, 4.69) is 20.9 Å². The Kier molecular flexibility index (Phi) is 11.1. The number of likely N-dealkylation sites (tertiary alicyclic amines) is 1. The molecule has 1 fully saturated rings. The number of benzene rings is 2. The van der Waals surface area contributed by atoms with E-state index in [0.29, 0.717) is 37.0 Å². The summed E-state index contributed by atoms with van der Waals surface area (Å²) in [5.41, 5.74) is 2.83. The van der Waals surface area contributed by atoms with Gasteiger partial charge >= 0.3 is 12.0 Å². The first-order chi connectivity index (χ1) is 23.1. The number of H-pyrrole nitrogens is 1. The molecule has 1 aliphatic heterocycles. The van der Waals surface area contributed by atoms with Crippen LogP contribution < -0.4 is 16.0 Å². The van der Waals surface area contributed by atoms with E-state index in [1.807, 2.05) is 50.2 Å². The van der Waals surface area contributed by atoms with Crippen LogP contribution in [0.4, 0.5) is 4.79 Å². The van der Waals surface area contributed by atoms with Gasteiger partial charge in [0.05, 0.1) is 5.52 Å². The van der Waals surface area contributed by atoms with Crippen molar-refractivity contribution in [2.45, 2.75) is 76.9 Å². The van der Waals surface area contributed by atoms with Crippen molar-refractivity contribution in [2.24, 2.45) is 5.92 Å². The SMILES string of the molecule is CC(C)C[C@H](NC(=O)N1CCCCCC1)C(=O)N[C@H](Cc1cn(C=O)c2ccccc12)C(=O)N[C@H](Cc1c[nH]c2ccccc12)C(=O)O. The van der Waals surface area contributed by atoms with Gasteiger partial charge in [0.1, 0.15) is 18.1 Å². The summed E-state index contributed by atoms with van der Waals surface area (Å²) in [4.78, 5) is 70.3. The van der Waals surface area contributed by atoms with Crippen LogP contribution in [0, 0.1) is 5.92 Å². The number of aromatic amines is 1. The number of nitrogens with zero attached hydrogens (tertiary/aromatic N) is 2. The number of aromatic nitrogens is 2. The van der Waals surface area contributed by atoms with Crippen LogP contribution in [0.3, 0.4) is 0 Å². The van der Waals surface area contributed by atoms with Crippen molar-refractivity contribution >= 4 is 52.0 Å². The molecule has 0 spiro atoms. The van der Waals surface area contributed by atoms with Crippen LogP contribution in [-0.4, -0.2) is 81.0 Å². The van der Waals surface area contributed by atoms with E-state index in [9.17, 15) is 29.1 Å². The molecule has 3 heterocycles. The number of carbonyl (C=O) groups excluding carboxylic acids is 4. The first-order valence-corrected chi connectivity index (χ1v) is 16.6. The van der Waals surface area contributed by atoms with Gasteiger partial charge in [-0.15, -0.1) is 0 Å². The molecule has 12 heteroatoms. The Balaban J connectivity index is 1.41. The number of urea groups is 1. The highest BCUT2D eigenvalue weighted by molar-refractivity contribution is 5.95. The maximum absolute atomic E-state index is 14.0. The largest absolute Gasteiger partial charge is 0.480 e. The monoisotopic (exact) mass is 656 g/mol. The average molecular weight is 657 g/mol. The van der Waals surface area contributed by atoms with Crippen molar-refractivity contribution in [1.29, 1.82) is 0 Å². The van der Waals surface area contributed by atoms with Gasteiger partial charge in [0.15, 0.2) is 0 Å². The fraction of sp³-hybridized carbons (Fsp3) is 0.417. The summed E-state index contributed by atoms with van der Waals surface area (Å²) in [6, 6.07) is 10.9. The second-order valence-electron chi connectivity index (χ2n) is 12.9. The van der Waals surface area contributed by atoms with Gasteiger partial charge in [-0.25, -0.2) is 9.59 Å². The smallest absolute Gasteiger partial charge is 0.326 e. The number of carboxylic acids is 1. The molecule has 12 nitrogen and oxygen atoms in total. The Morgan fingerprint density at radius 3 is 2.12 bits per heavy atom. The fourth-order valence-electron chi connectivity index (χ4n) is 6.44. The van der Waals surface area contributed by atoms with Gasteiger partial charge in [-0.3, -0.25) is 19.0 Å². The zero-order valence-corrected chi connectivity index (χ0v) is 27.4. The predicted octanol–water partition coefficient (Wildman–Crippen LogP) is 4.00. The highest BCUT2D eigenvalue weighted by atomic mass is 16.4. The fourth-order valence-corrected chi connectivity index (χ4v) is 6.44. The number of hydrogen-bond donors (Lipinski definition) is 5. The summed E-state index contributed by atoms with van der Waals surface area (Å²) in [6.07, 6.45) is 8.22. The highest BCUT2D eigenvalue weighted by Gasteiger charge is 2.32. The summed E-state index contributed by atoms with van der Waals surface area (Å²) >= 11 is 0. The Labute approximate surface area is 279 Å². The van der Waals surface area contributed by atoms with Gasteiger partial charge < -0.3 is 30.9 Å². The lowest BCUT2D eigenvalue weighted by Gasteiger charge is -2.28. The number of carboxylic acid groups (broad SMARTS) is 1. The molecule has 2 aromatic heterocycles. The maximum atomic E-state index is 14.0. The number of aliphatic carboxylic acids is 1. The lowest BCUT2D eigenvalue weighted by molar-refractivity contribution is -0.142. The van der Waals surface area contributed by atoms with Crippen molar-refractivity contribution in [3.63, 3.8) is 0 Å². The first kappa shape index (κ1) is 34.2. The molecule has 0 aliphatic carbocycles. The van der Waals surface area contributed by atoms with Crippen molar-refractivity contribution < 1.29 is 29.1 Å². The number of nitrogens with one attached hydrogen (secondary N) is 4. The molecule has 0 radical (unpaired) electrons. The second-order valence-corrected chi connectivity index (χ2v) is 12.9. The Hall–Kier alpha value is -5.13. The molecule has 0 bridgehead atoms. The molecule has 4 aromatic rings. The summed E-state index contributed by atoms with van der Waals surface area (Å²) in [7, 11) is 0. The lowest BCUT2D eigenvalue weighted by atomic mass is 10.00. The number of para-hydroxylation sites is 2. The van der Waals surface area contributed by atoms with Gasteiger partial charge in [-0.2, -0.15) is 0 Å². The lowest BCUT2D eigenvalue weighted by Crippen LogP contribution is -2.58. The molecule has 0 saturated carbocycles. The van der Waals surface area contributed by atoms with Crippen LogP contribution in [-0.2, 0) is 32.0 Å². The van der Waals surface area contributed by atoms with Crippen LogP contribution in [0.2, 0.25) is 0 Å². The number of carbonyl (C=O) groups is 5. The van der Waals surface area contributed by atoms with Crippen molar-refractivity contribution in [2.75, 3.05) is 13.1 Å². The minimum Gasteiger partial charge on any atom is -0.480 e. The molecule has 0 unspecified atom stereocenters. The van der Waals surface area contributed by atoms with E-state index in [1.165, 1.54) is 4.57 Å². The topological polar surface area (TPSA) is 166 Å². The molecule has 48 heavy (non-hydrogen) atoms. The van der Waals surface area contributed by atoms with Gasteiger partial charge in [0, 0.05) is 54.6 Å². The van der Waals surface area contributed by atoms with Crippen molar-refractivity contribution in [1.82, 2.24) is 30.4 Å². The third-order valence-electron chi connectivity index (χ3n) is 8.92. The summed E-state index contributed by atoms with van der Waals surface area (Å²) in [6.45, 7) is 5.11. The zero-order valence-electron chi connectivity index (χ0n) is 27.4.